The number of carbonyl (C=O) groups excluding carboxylic acids is 1. The number of nitrogens with one attached hydrogen (secondary N) is 2. The zero-order chi connectivity index (χ0) is 16.1. The molecule has 0 aliphatic heterocycles. The molecule has 0 spiro atoms. The molecule has 1 atom stereocenters. The Morgan fingerprint density at radius 1 is 1.14 bits per heavy atom. The Kier molecular flexibility index (Phi) is 4.83. The van der Waals surface area contributed by atoms with Crippen LogP contribution in [0.3, 0.4) is 0 Å². The van der Waals surface area contributed by atoms with Crippen LogP contribution >= 0.6 is 0 Å². The predicted octanol–water partition coefficient (Wildman–Crippen LogP) is 2.30. The van der Waals surface area contributed by atoms with E-state index in [1.54, 1.807) is 12.1 Å². The summed E-state index contributed by atoms with van der Waals surface area (Å²) in [6.07, 6.45) is 0.167. The second-order valence-corrected chi connectivity index (χ2v) is 4.84. The Morgan fingerprint density at radius 2 is 1.77 bits per heavy atom. The summed E-state index contributed by atoms with van der Waals surface area (Å²) in [4.78, 5) is 12.2. The van der Waals surface area contributed by atoms with Crippen LogP contribution in [-0.2, 0) is 11.2 Å². The zero-order valence-electron chi connectivity index (χ0n) is 11.6. The van der Waals surface area contributed by atoms with Gasteiger partial charge in [0.05, 0.1) is 5.92 Å². The Morgan fingerprint density at radius 3 is 2.36 bits per heavy atom. The molecule has 114 valence electrons. The number of hydrogen-bond donors (Lipinski definition) is 3. The van der Waals surface area contributed by atoms with Gasteiger partial charge in [0.1, 0.15) is 11.6 Å². The molecule has 2 aromatic carbocycles. The van der Waals surface area contributed by atoms with Crippen molar-refractivity contribution >= 4 is 11.9 Å². The fourth-order valence-electron chi connectivity index (χ4n) is 2.20. The first-order valence-corrected chi connectivity index (χ1v) is 6.60. The van der Waals surface area contributed by atoms with Crippen molar-refractivity contribution in [1.29, 1.82) is 5.41 Å². The standard InChI is InChI=1S/C16H15F2N3O/c17-12-5-1-3-10(7-12)8-14(15(22)21-16(19)20)11-4-2-6-13(18)9-11/h1-7,9,14H,8H2,(H4,19,20,21,22). The van der Waals surface area contributed by atoms with Crippen LogP contribution in [0.2, 0.25) is 0 Å². The van der Waals surface area contributed by atoms with Gasteiger partial charge in [0.25, 0.3) is 0 Å². The summed E-state index contributed by atoms with van der Waals surface area (Å²) in [7, 11) is 0. The van der Waals surface area contributed by atoms with Crippen LogP contribution in [0.4, 0.5) is 8.78 Å². The maximum Gasteiger partial charge on any atom is 0.234 e. The first kappa shape index (κ1) is 15.6. The van der Waals surface area contributed by atoms with Crippen molar-refractivity contribution in [3.05, 3.63) is 71.3 Å². The minimum atomic E-state index is -0.776. The van der Waals surface area contributed by atoms with E-state index in [0.29, 0.717) is 11.1 Å². The third kappa shape index (κ3) is 4.12. The minimum absolute atomic E-state index is 0.167. The SMILES string of the molecule is N=C(N)NC(=O)C(Cc1cccc(F)c1)c1cccc(F)c1. The molecule has 0 aliphatic carbocycles. The fourth-order valence-corrected chi connectivity index (χ4v) is 2.20. The number of hydrogen-bond acceptors (Lipinski definition) is 2. The van der Waals surface area contributed by atoms with E-state index >= 15 is 0 Å². The molecule has 22 heavy (non-hydrogen) atoms. The molecule has 0 aliphatic rings. The zero-order valence-corrected chi connectivity index (χ0v) is 11.6. The van der Waals surface area contributed by atoms with E-state index in [2.05, 4.69) is 5.32 Å². The number of guanidine groups is 1. The smallest absolute Gasteiger partial charge is 0.234 e. The highest BCUT2D eigenvalue weighted by atomic mass is 19.1. The van der Waals surface area contributed by atoms with Crippen molar-refractivity contribution in [2.45, 2.75) is 12.3 Å². The third-order valence-electron chi connectivity index (χ3n) is 3.15. The summed E-state index contributed by atoms with van der Waals surface area (Å²) >= 11 is 0. The summed E-state index contributed by atoms with van der Waals surface area (Å²) in [5, 5.41) is 9.35. The molecule has 1 amide bonds. The van der Waals surface area contributed by atoms with Crippen molar-refractivity contribution in [1.82, 2.24) is 5.32 Å². The van der Waals surface area contributed by atoms with Crippen molar-refractivity contribution < 1.29 is 13.6 Å². The lowest BCUT2D eigenvalue weighted by Gasteiger charge is -2.17. The highest BCUT2D eigenvalue weighted by Gasteiger charge is 2.22. The number of benzene rings is 2. The average molecular weight is 303 g/mol. The molecule has 4 N–H and O–H groups in total. The van der Waals surface area contributed by atoms with Crippen LogP contribution in [0, 0.1) is 17.0 Å². The van der Waals surface area contributed by atoms with Gasteiger partial charge in [-0.15, -0.1) is 0 Å². The molecular weight excluding hydrogens is 288 g/mol. The molecule has 6 heteroatoms. The van der Waals surface area contributed by atoms with E-state index in [0.717, 1.165) is 0 Å². The highest BCUT2D eigenvalue weighted by Crippen LogP contribution is 2.22. The number of amides is 1. The van der Waals surface area contributed by atoms with E-state index in [9.17, 15) is 13.6 Å². The lowest BCUT2D eigenvalue weighted by atomic mass is 9.91. The second-order valence-electron chi connectivity index (χ2n) is 4.84. The maximum absolute atomic E-state index is 13.4. The van der Waals surface area contributed by atoms with Gasteiger partial charge in [-0.25, -0.2) is 8.78 Å². The molecule has 2 aromatic rings. The molecule has 0 bridgehead atoms. The molecule has 0 aromatic heterocycles. The largest absolute Gasteiger partial charge is 0.370 e. The van der Waals surface area contributed by atoms with Crippen LogP contribution in [0.5, 0.6) is 0 Å². The molecule has 0 fully saturated rings. The van der Waals surface area contributed by atoms with Crippen LogP contribution in [-0.4, -0.2) is 11.9 Å². The number of rotatable bonds is 4. The lowest BCUT2D eigenvalue weighted by molar-refractivity contribution is -0.121. The van der Waals surface area contributed by atoms with Gasteiger partial charge in [0, 0.05) is 0 Å². The van der Waals surface area contributed by atoms with Gasteiger partial charge in [-0.3, -0.25) is 15.5 Å². The van der Waals surface area contributed by atoms with Gasteiger partial charge >= 0.3 is 0 Å². The monoisotopic (exact) mass is 303 g/mol. The van der Waals surface area contributed by atoms with Crippen LogP contribution in [0.25, 0.3) is 0 Å². The first-order chi connectivity index (χ1) is 10.5. The molecule has 2 rings (SSSR count). The van der Waals surface area contributed by atoms with E-state index in [4.69, 9.17) is 11.1 Å². The van der Waals surface area contributed by atoms with Crippen LogP contribution in [0.15, 0.2) is 48.5 Å². The number of nitrogens with two attached hydrogens (primary N) is 1. The second kappa shape index (κ2) is 6.80. The molecular formula is C16H15F2N3O. The van der Waals surface area contributed by atoms with Crippen molar-refractivity contribution in [2.24, 2.45) is 5.73 Å². The lowest BCUT2D eigenvalue weighted by Crippen LogP contribution is -2.39. The van der Waals surface area contributed by atoms with E-state index in [1.165, 1.54) is 36.4 Å². The Bertz CT molecular complexity index is 703. The minimum Gasteiger partial charge on any atom is -0.370 e. The van der Waals surface area contributed by atoms with Crippen LogP contribution in [0.1, 0.15) is 17.0 Å². The van der Waals surface area contributed by atoms with Crippen molar-refractivity contribution in [2.75, 3.05) is 0 Å². The Hall–Kier alpha value is -2.76. The Labute approximate surface area is 126 Å². The van der Waals surface area contributed by atoms with Crippen molar-refractivity contribution in [3.63, 3.8) is 0 Å². The third-order valence-corrected chi connectivity index (χ3v) is 3.15. The molecule has 0 saturated carbocycles. The quantitative estimate of drug-likeness (QED) is 0.598. The molecule has 0 saturated heterocycles. The summed E-state index contributed by atoms with van der Waals surface area (Å²) in [5.74, 6) is -2.70. The van der Waals surface area contributed by atoms with Crippen molar-refractivity contribution in [3.8, 4) is 0 Å². The van der Waals surface area contributed by atoms with Gasteiger partial charge in [-0.1, -0.05) is 24.3 Å². The van der Waals surface area contributed by atoms with Gasteiger partial charge < -0.3 is 5.73 Å². The Balaban J connectivity index is 2.32. The highest BCUT2D eigenvalue weighted by molar-refractivity contribution is 5.98. The van der Waals surface area contributed by atoms with Gasteiger partial charge in [-0.05, 0) is 41.8 Å². The predicted molar refractivity (Wildman–Crippen MR) is 79.3 cm³/mol. The number of carbonyl (C=O) groups is 1. The normalized spacial score (nSPS) is 11.7. The van der Waals surface area contributed by atoms with Gasteiger partial charge in [0.2, 0.25) is 5.91 Å². The van der Waals surface area contributed by atoms with E-state index < -0.39 is 29.4 Å². The summed E-state index contributed by atoms with van der Waals surface area (Å²) < 4.78 is 26.7. The average Bonchev–Trinajstić information content (AvgIpc) is 2.44. The first-order valence-electron chi connectivity index (χ1n) is 6.60. The maximum atomic E-state index is 13.4. The van der Waals surface area contributed by atoms with Gasteiger partial charge in [0.15, 0.2) is 5.96 Å². The summed E-state index contributed by atoms with van der Waals surface area (Å²) in [5.41, 5.74) is 6.20. The van der Waals surface area contributed by atoms with E-state index in [1.807, 2.05) is 0 Å². The fraction of sp³-hybridized carbons (Fsp3) is 0.125. The summed E-state index contributed by atoms with van der Waals surface area (Å²) in [6.45, 7) is 0. The van der Waals surface area contributed by atoms with E-state index in [-0.39, 0.29) is 6.42 Å². The summed E-state index contributed by atoms with van der Waals surface area (Å²) in [6, 6.07) is 11.4. The number of halogens is 2. The van der Waals surface area contributed by atoms with Gasteiger partial charge in [-0.2, -0.15) is 0 Å². The molecule has 4 nitrogen and oxygen atoms in total. The van der Waals surface area contributed by atoms with Crippen LogP contribution < -0.4 is 11.1 Å². The topological polar surface area (TPSA) is 79.0 Å². The molecule has 0 radical (unpaired) electrons. The molecule has 1 unspecified atom stereocenters. The molecule has 0 heterocycles.